The van der Waals surface area contributed by atoms with Gasteiger partial charge in [0, 0.05) is 0 Å². The van der Waals surface area contributed by atoms with Crippen molar-refractivity contribution in [2.45, 2.75) is 0 Å². The average molecular weight is 369 g/mol. The molecule has 0 nitrogen and oxygen atoms in total. The van der Waals surface area contributed by atoms with E-state index in [4.69, 9.17) is 0 Å². The summed E-state index contributed by atoms with van der Waals surface area (Å²) in [6.07, 6.45) is 0. The summed E-state index contributed by atoms with van der Waals surface area (Å²) < 4.78 is 0. The van der Waals surface area contributed by atoms with Crippen LogP contribution in [0.4, 0.5) is 0 Å². The fourth-order valence-electron chi connectivity index (χ4n) is 2.92. The van der Waals surface area contributed by atoms with Gasteiger partial charge in [0.1, 0.15) is 0 Å². The summed E-state index contributed by atoms with van der Waals surface area (Å²) in [5, 5.41) is 0.970. The minimum absolute atomic E-state index is 1.26. The molecule has 0 unspecified atom stereocenters. The van der Waals surface area contributed by atoms with E-state index in [1.807, 2.05) is 0 Å². The molecule has 0 aliphatic rings. The molecule has 0 spiro atoms. The van der Waals surface area contributed by atoms with E-state index in [-0.39, 0.29) is 0 Å². The number of hydrogen-bond donors (Lipinski definition) is 0. The second-order valence-corrected chi connectivity index (χ2v) is 13.7. The summed E-state index contributed by atoms with van der Waals surface area (Å²) in [5.74, 6) is 2.12. The van der Waals surface area contributed by atoms with Crippen LogP contribution in [0.5, 0.6) is 0 Å². The summed E-state index contributed by atoms with van der Waals surface area (Å²) >= 11 is 4.23. The summed E-state index contributed by atoms with van der Waals surface area (Å²) in [6, 6.07) is 31.8. The van der Waals surface area contributed by atoms with Crippen LogP contribution in [0.25, 0.3) is 0 Å². The molecule has 0 aromatic heterocycles. The van der Waals surface area contributed by atoms with Crippen molar-refractivity contribution in [3.05, 3.63) is 103 Å². The Bertz CT molecular complexity index is 667. The molecule has 0 saturated heterocycles. The van der Waals surface area contributed by atoms with Crippen molar-refractivity contribution < 1.29 is 0 Å². The molecule has 3 aromatic rings. The van der Waals surface area contributed by atoms with E-state index < -0.39 is 5.31 Å². The number of rotatable bonds is 4. The third-order valence-corrected chi connectivity index (χ3v) is 13.3. The molecule has 0 bridgehead atoms. The molecule has 3 aromatic carbocycles. The van der Waals surface area contributed by atoms with Crippen LogP contribution >= 0.6 is 20.8 Å². The molecule has 0 aliphatic carbocycles. The van der Waals surface area contributed by atoms with Crippen molar-refractivity contribution in [1.82, 2.24) is 0 Å². The molecular formula is C20H18BrP. The molecule has 0 heterocycles. The second-order valence-electron chi connectivity index (χ2n) is 5.26. The fraction of sp³-hybridized carbons (Fsp3) is 0. The summed E-state index contributed by atoms with van der Waals surface area (Å²) in [4.78, 5) is 0. The van der Waals surface area contributed by atoms with Crippen molar-refractivity contribution in [2.24, 2.45) is 0 Å². The van der Waals surface area contributed by atoms with Crippen molar-refractivity contribution in [1.29, 1.82) is 0 Å². The molecule has 0 radical (unpaired) electrons. The summed E-state index contributed by atoms with van der Waals surface area (Å²) in [7, 11) is 0. The maximum absolute atomic E-state index is 4.25. The monoisotopic (exact) mass is 368 g/mol. The van der Waals surface area contributed by atoms with Crippen molar-refractivity contribution in [3.63, 3.8) is 0 Å². The molecule has 2 heteroatoms. The van der Waals surface area contributed by atoms with E-state index in [9.17, 15) is 0 Å². The summed E-state index contributed by atoms with van der Waals surface area (Å²) in [5.41, 5.74) is 0. The minimum atomic E-state index is -2.82. The first-order valence-corrected chi connectivity index (χ1v) is 11.6. The normalized spacial score (nSPS) is 13.0. The van der Waals surface area contributed by atoms with Crippen molar-refractivity contribution in [3.8, 4) is 0 Å². The zero-order valence-corrected chi connectivity index (χ0v) is 14.8. The average Bonchev–Trinajstić information content (AvgIpc) is 2.63. The Balaban J connectivity index is 2.44. The third-order valence-electron chi connectivity index (χ3n) is 4.13. The van der Waals surface area contributed by atoms with E-state index in [2.05, 4.69) is 119 Å². The van der Waals surface area contributed by atoms with Crippen LogP contribution in [0.15, 0.2) is 103 Å². The Morgan fingerprint density at radius 3 is 1.09 bits per heavy atom. The molecule has 3 rings (SSSR count). The zero-order valence-electron chi connectivity index (χ0n) is 12.3. The van der Waals surface area contributed by atoms with Gasteiger partial charge >= 0.3 is 140 Å². The molecule has 110 valence electrons. The van der Waals surface area contributed by atoms with Gasteiger partial charge in [-0.05, 0) is 0 Å². The Morgan fingerprint density at radius 2 is 0.864 bits per heavy atom. The van der Waals surface area contributed by atoms with Crippen molar-refractivity contribution >= 4 is 36.7 Å². The maximum atomic E-state index is 4.25. The predicted octanol–water partition coefficient (Wildman–Crippen LogP) is 4.97. The van der Waals surface area contributed by atoms with Gasteiger partial charge in [-0.2, -0.15) is 0 Å². The molecule has 0 saturated carbocycles. The molecule has 22 heavy (non-hydrogen) atoms. The van der Waals surface area contributed by atoms with Crippen LogP contribution in [0.3, 0.4) is 0 Å². The fourth-order valence-corrected chi connectivity index (χ4v) is 8.84. The molecule has 0 fully saturated rings. The Kier molecular flexibility index (Phi) is 4.04. The number of halogens is 1. The van der Waals surface area contributed by atoms with Gasteiger partial charge in [0.05, 0.1) is 0 Å². The first-order valence-electron chi connectivity index (χ1n) is 7.24. The van der Waals surface area contributed by atoms with Gasteiger partial charge < -0.3 is 0 Å². The van der Waals surface area contributed by atoms with E-state index in [1.165, 1.54) is 15.9 Å². The van der Waals surface area contributed by atoms with E-state index in [1.54, 1.807) is 0 Å². The quantitative estimate of drug-likeness (QED) is 0.570. The topological polar surface area (TPSA) is 0 Å². The Morgan fingerprint density at radius 1 is 0.591 bits per heavy atom. The Hall–Kier alpha value is -1.69. The van der Waals surface area contributed by atoms with Crippen LogP contribution in [0.1, 0.15) is 0 Å². The third kappa shape index (κ3) is 2.17. The van der Waals surface area contributed by atoms with Crippen molar-refractivity contribution in [2.75, 3.05) is 0 Å². The molecule has 0 atom stereocenters. The Labute approximate surface area is 140 Å². The SMILES string of the molecule is C=CP(Br)(c1ccccc1)(c1ccccc1)c1ccccc1. The van der Waals surface area contributed by atoms with Gasteiger partial charge in [0.15, 0.2) is 0 Å². The first kappa shape index (κ1) is 15.2. The van der Waals surface area contributed by atoms with Crippen LogP contribution < -0.4 is 15.9 Å². The van der Waals surface area contributed by atoms with Crippen LogP contribution in [-0.4, -0.2) is 0 Å². The van der Waals surface area contributed by atoms with Gasteiger partial charge in [-0.1, -0.05) is 0 Å². The van der Waals surface area contributed by atoms with Gasteiger partial charge in [-0.3, -0.25) is 0 Å². The van der Waals surface area contributed by atoms with Crippen LogP contribution in [0.2, 0.25) is 0 Å². The van der Waals surface area contributed by atoms with Crippen LogP contribution in [-0.2, 0) is 0 Å². The van der Waals surface area contributed by atoms with Gasteiger partial charge in [0.2, 0.25) is 0 Å². The van der Waals surface area contributed by atoms with Gasteiger partial charge in [-0.25, -0.2) is 0 Å². The molecular weight excluding hydrogens is 351 g/mol. The molecule has 0 N–H and O–H groups in total. The number of hydrogen-bond acceptors (Lipinski definition) is 0. The molecule has 0 amide bonds. The van der Waals surface area contributed by atoms with E-state index in [0.29, 0.717) is 0 Å². The van der Waals surface area contributed by atoms with Crippen LogP contribution in [0, 0.1) is 0 Å². The number of benzene rings is 3. The second kappa shape index (κ2) is 5.83. The standard InChI is InChI=1S/C20H18BrP/c1-2-22(21,18-12-6-3-7-13-18,19-14-8-4-9-15-19)20-16-10-5-11-17-20/h2-17H,1H2. The van der Waals surface area contributed by atoms with E-state index in [0.717, 1.165) is 0 Å². The summed E-state index contributed by atoms with van der Waals surface area (Å²) in [6.45, 7) is 4.25. The van der Waals surface area contributed by atoms with E-state index >= 15 is 0 Å². The predicted molar refractivity (Wildman–Crippen MR) is 104 cm³/mol. The van der Waals surface area contributed by atoms with Gasteiger partial charge in [0.25, 0.3) is 0 Å². The zero-order chi connectivity index (χ0) is 15.5. The first-order chi connectivity index (χ1) is 10.7. The van der Waals surface area contributed by atoms with Gasteiger partial charge in [-0.15, -0.1) is 0 Å². The molecule has 0 aliphatic heterocycles.